The molecule has 2 rings (SSSR count). The number of hydrogen-bond donors (Lipinski definition) is 1. The average Bonchev–Trinajstić information content (AvgIpc) is 2.87. The smallest absolute Gasteiger partial charge is 0.247 e. The van der Waals surface area contributed by atoms with Crippen LogP contribution in [0.5, 0.6) is 0 Å². The minimum atomic E-state index is -0.748. The summed E-state index contributed by atoms with van der Waals surface area (Å²) in [5.74, 6) is -2.54. The molecule has 0 bridgehead atoms. The number of amides is 2. The summed E-state index contributed by atoms with van der Waals surface area (Å²) in [6, 6.07) is 2.82. The Morgan fingerprint density at radius 2 is 1.95 bits per heavy atom. The summed E-state index contributed by atoms with van der Waals surface area (Å²) >= 11 is 0. The highest BCUT2D eigenvalue weighted by Crippen LogP contribution is 2.18. The third kappa shape index (κ3) is 2.84. The zero-order valence-electron chi connectivity index (χ0n) is 10.7. The Kier molecular flexibility index (Phi) is 4.12. The van der Waals surface area contributed by atoms with Crippen LogP contribution in [0.2, 0.25) is 0 Å². The zero-order valence-corrected chi connectivity index (χ0v) is 10.7. The standard InChI is InChI=1S/C14H14F2N2O2/c15-10-3-1-4-11(16)9(10)6-7-13(19)18-8-2-5-12(18)14(17)20/h1,3-4,6-7,12H,2,5,8H2,(H2,17,20)/b7-6+/t12-/m1/s1. The van der Waals surface area contributed by atoms with Gasteiger partial charge >= 0.3 is 0 Å². The van der Waals surface area contributed by atoms with Gasteiger partial charge in [-0.05, 0) is 31.1 Å². The molecule has 0 radical (unpaired) electrons. The van der Waals surface area contributed by atoms with Crippen LogP contribution in [0.15, 0.2) is 24.3 Å². The predicted molar refractivity (Wildman–Crippen MR) is 69.3 cm³/mol. The van der Waals surface area contributed by atoms with E-state index in [1.54, 1.807) is 0 Å². The van der Waals surface area contributed by atoms with E-state index in [-0.39, 0.29) is 5.56 Å². The Balaban J connectivity index is 2.15. The molecule has 1 saturated heterocycles. The van der Waals surface area contributed by atoms with Crippen LogP contribution < -0.4 is 5.73 Å². The van der Waals surface area contributed by atoms with Gasteiger partial charge in [-0.1, -0.05) is 6.07 Å². The molecule has 0 spiro atoms. The lowest BCUT2D eigenvalue weighted by Crippen LogP contribution is -2.43. The van der Waals surface area contributed by atoms with Gasteiger partial charge in [0.25, 0.3) is 0 Å². The molecule has 2 amide bonds. The predicted octanol–water partition coefficient (Wildman–Crippen LogP) is 1.45. The summed E-state index contributed by atoms with van der Waals surface area (Å²) in [7, 11) is 0. The first-order valence-corrected chi connectivity index (χ1v) is 6.22. The first-order valence-electron chi connectivity index (χ1n) is 6.22. The molecule has 2 N–H and O–H groups in total. The Labute approximate surface area is 114 Å². The molecule has 1 fully saturated rings. The molecule has 4 nitrogen and oxygen atoms in total. The lowest BCUT2D eigenvalue weighted by Gasteiger charge is -2.20. The van der Waals surface area contributed by atoms with Crippen molar-refractivity contribution in [1.82, 2.24) is 4.90 Å². The van der Waals surface area contributed by atoms with Crippen molar-refractivity contribution in [2.45, 2.75) is 18.9 Å². The molecule has 0 saturated carbocycles. The van der Waals surface area contributed by atoms with Gasteiger partial charge in [-0.2, -0.15) is 0 Å². The van der Waals surface area contributed by atoms with E-state index in [2.05, 4.69) is 0 Å². The molecule has 106 valence electrons. The lowest BCUT2D eigenvalue weighted by molar-refractivity contribution is -0.133. The zero-order chi connectivity index (χ0) is 14.7. The van der Waals surface area contributed by atoms with Crippen molar-refractivity contribution < 1.29 is 18.4 Å². The summed E-state index contributed by atoms with van der Waals surface area (Å²) < 4.78 is 26.8. The second-order valence-electron chi connectivity index (χ2n) is 4.56. The van der Waals surface area contributed by atoms with E-state index >= 15 is 0 Å². The number of halogens is 2. The fourth-order valence-corrected chi connectivity index (χ4v) is 2.25. The third-order valence-corrected chi connectivity index (χ3v) is 3.26. The third-order valence-electron chi connectivity index (χ3n) is 3.26. The monoisotopic (exact) mass is 280 g/mol. The molecular formula is C14H14F2N2O2. The van der Waals surface area contributed by atoms with Crippen molar-refractivity contribution in [3.63, 3.8) is 0 Å². The number of hydrogen-bond acceptors (Lipinski definition) is 2. The highest BCUT2D eigenvalue weighted by molar-refractivity contribution is 5.95. The van der Waals surface area contributed by atoms with Gasteiger partial charge in [0.1, 0.15) is 17.7 Å². The van der Waals surface area contributed by atoms with E-state index < -0.39 is 29.5 Å². The van der Waals surface area contributed by atoms with Crippen molar-refractivity contribution in [3.8, 4) is 0 Å². The van der Waals surface area contributed by atoms with Crippen molar-refractivity contribution in [2.75, 3.05) is 6.54 Å². The summed E-state index contributed by atoms with van der Waals surface area (Å²) in [6.45, 7) is 0.413. The molecule has 1 heterocycles. The highest BCUT2D eigenvalue weighted by atomic mass is 19.1. The topological polar surface area (TPSA) is 63.4 Å². The van der Waals surface area contributed by atoms with Crippen LogP contribution >= 0.6 is 0 Å². The van der Waals surface area contributed by atoms with Crippen LogP contribution in [0.1, 0.15) is 18.4 Å². The molecule has 1 aromatic carbocycles. The fraction of sp³-hybridized carbons (Fsp3) is 0.286. The number of primary amides is 1. The number of nitrogens with two attached hydrogens (primary N) is 1. The number of nitrogens with zero attached hydrogens (tertiary/aromatic N) is 1. The molecule has 1 aromatic rings. The molecule has 0 aliphatic carbocycles. The number of carbonyl (C=O) groups excluding carboxylic acids is 2. The molecule has 1 aliphatic rings. The van der Waals surface area contributed by atoms with Gasteiger partial charge in [-0.15, -0.1) is 0 Å². The van der Waals surface area contributed by atoms with Crippen LogP contribution in [0.4, 0.5) is 8.78 Å². The first-order chi connectivity index (χ1) is 9.50. The highest BCUT2D eigenvalue weighted by Gasteiger charge is 2.31. The van der Waals surface area contributed by atoms with Crippen LogP contribution in [-0.4, -0.2) is 29.3 Å². The van der Waals surface area contributed by atoms with Gasteiger partial charge in [0.15, 0.2) is 0 Å². The average molecular weight is 280 g/mol. The van der Waals surface area contributed by atoms with Crippen LogP contribution in [0, 0.1) is 11.6 Å². The summed E-state index contributed by atoms with van der Waals surface area (Å²) in [5.41, 5.74) is 4.92. The molecule has 6 heteroatoms. The minimum Gasteiger partial charge on any atom is -0.368 e. The van der Waals surface area contributed by atoms with Gasteiger partial charge in [0, 0.05) is 18.2 Å². The van der Waals surface area contributed by atoms with Crippen molar-refractivity contribution in [1.29, 1.82) is 0 Å². The van der Waals surface area contributed by atoms with E-state index in [9.17, 15) is 18.4 Å². The molecule has 1 atom stereocenters. The largest absolute Gasteiger partial charge is 0.368 e. The normalized spacial score (nSPS) is 18.7. The van der Waals surface area contributed by atoms with E-state index in [1.165, 1.54) is 11.0 Å². The van der Waals surface area contributed by atoms with Gasteiger partial charge in [-0.3, -0.25) is 9.59 Å². The molecule has 0 aromatic heterocycles. The van der Waals surface area contributed by atoms with E-state index in [0.29, 0.717) is 19.4 Å². The first kappa shape index (κ1) is 14.2. The van der Waals surface area contributed by atoms with Crippen molar-refractivity contribution >= 4 is 17.9 Å². The van der Waals surface area contributed by atoms with Crippen LogP contribution in [0.3, 0.4) is 0 Å². The van der Waals surface area contributed by atoms with E-state index in [1.807, 2.05) is 0 Å². The Morgan fingerprint density at radius 3 is 2.55 bits per heavy atom. The number of carbonyl (C=O) groups is 2. The van der Waals surface area contributed by atoms with Gasteiger partial charge in [-0.25, -0.2) is 8.78 Å². The second kappa shape index (κ2) is 5.81. The molecule has 1 aliphatic heterocycles. The summed E-state index contributed by atoms with van der Waals surface area (Å²) in [4.78, 5) is 24.4. The van der Waals surface area contributed by atoms with Crippen LogP contribution in [-0.2, 0) is 9.59 Å². The fourth-order valence-electron chi connectivity index (χ4n) is 2.25. The number of benzene rings is 1. The number of likely N-dealkylation sites (tertiary alicyclic amines) is 1. The van der Waals surface area contributed by atoms with Crippen molar-refractivity contribution in [2.24, 2.45) is 5.73 Å². The Morgan fingerprint density at radius 1 is 1.30 bits per heavy atom. The summed E-state index contributed by atoms with van der Waals surface area (Å²) in [6.07, 6.45) is 3.33. The van der Waals surface area contributed by atoms with Crippen molar-refractivity contribution in [3.05, 3.63) is 41.5 Å². The maximum absolute atomic E-state index is 13.4. The SMILES string of the molecule is NC(=O)[C@H]1CCCN1C(=O)/C=C/c1c(F)cccc1F. The molecule has 0 unspecified atom stereocenters. The summed E-state index contributed by atoms with van der Waals surface area (Å²) in [5, 5.41) is 0. The Hall–Kier alpha value is -2.24. The molecular weight excluding hydrogens is 266 g/mol. The molecule has 20 heavy (non-hydrogen) atoms. The van der Waals surface area contributed by atoms with Gasteiger partial charge in [0.05, 0.1) is 0 Å². The maximum Gasteiger partial charge on any atom is 0.247 e. The van der Waals surface area contributed by atoms with Crippen LogP contribution in [0.25, 0.3) is 6.08 Å². The van der Waals surface area contributed by atoms with Gasteiger partial charge in [0.2, 0.25) is 11.8 Å². The van der Waals surface area contributed by atoms with E-state index in [0.717, 1.165) is 24.3 Å². The quantitative estimate of drug-likeness (QED) is 0.852. The minimum absolute atomic E-state index is 0.282. The lowest BCUT2D eigenvalue weighted by atomic mass is 10.1. The van der Waals surface area contributed by atoms with Gasteiger partial charge < -0.3 is 10.6 Å². The number of rotatable bonds is 3. The maximum atomic E-state index is 13.4. The van der Waals surface area contributed by atoms with E-state index in [4.69, 9.17) is 5.73 Å². The second-order valence-corrected chi connectivity index (χ2v) is 4.56. The Bertz CT molecular complexity index is 552.